The molecule has 0 bridgehead atoms. The van der Waals surface area contributed by atoms with Crippen LogP contribution in [-0.4, -0.2) is 206 Å². The molecule has 0 atom stereocenters. The molecule has 0 saturated heterocycles. The van der Waals surface area contributed by atoms with Crippen molar-refractivity contribution in [1.82, 2.24) is 29.9 Å². The standard InChI is InChI=1S/C45H22F50N8O4/c46-15(47)7-104-21-96-19(97-22(100-21)105-8-25(54,55)31(66,67)37(78,79)43(90,91)40(84,85)34(72,73)28(60,61)16(48)49)102-3-11-1-13-5-103(6-14(13)2-12(11)4-102)20-98-23(106-9-26(56,57)32(68,69)38(80,81)44(92,93)41(86,87)35(74,75)29(62,63)17(50)51)101-24(99-20)107-10-27(58,59)33(70,71)39(82,83)45(94,95)42(88,89)36(76,77)30(64,65)18(52)53/h1-2,15-18H,3-10H2. The maximum atomic E-state index is 15.0. The molecular weight excluding hydrogens is 1670 g/mol. The van der Waals surface area contributed by atoms with Crippen molar-refractivity contribution in [3.8, 4) is 24.0 Å². The summed E-state index contributed by atoms with van der Waals surface area (Å²) < 4.78 is 714. The molecule has 0 unspecified atom stereocenters. The van der Waals surface area contributed by atoms with Gasteiger partial charge in [-0.2, -0.15) is 204 Å². The molecule has 0 spiro atoms. The summed E-state index contributed by atoms with van der Waals surface area (Å²) in [6.07, 6.45) is -22.5. The zero-order valence-electron chi connectivity index (χ0n) is 48.7. The minimum absolute atomic E-state index is 0.224. The van der Waals surface area contributed by atoms with Crippen LogP contribution in [0.4, 0.5) is 231 Å². The summed E-state index contributed by atoms with van der Waals surface area (Å²) in [6, 6.07) is -7.67. The van der Waals surface area contributed by atoms with Crippen molar-refractivity contribution in [2.75, 3.05) is 36.2 Å². The van der Waals surface area contributed by atoms with Gasteiger partial charge in [-0.1, -0.05) is 12.1 Å². The Labute approximate surface area is 551 Å². The van der Waals surface area contributed by atoms with Gasteiger partial charge in [0.25, 0.3) is 6.43 Å². The predicted molar refractivity (Wildman–Crippen MR) is 236 cm³/mol. The monoisotopic (exact) mass is 1690 g/mol. The number of rotatable bonds is 35. The van der Waals surface area contributed by atoms with Gasteiger partial charge in [0.05, 0.1) is 0 Å². The number of fused-ring (bicyclic) bond motifs is 2. The first-order valence-corrected chi connectivity index (χ1v) is 26.0. The van der Waals surface area contributed by atoms with Crippen molar-refractivity contribution in [2.45, 2.75) is 176 Å². The molecule has 3 aromatic rings. The Morgan fingerprint density at radius 1 is 0.252 bits per heavy atom. The molecule has 0 radical (unpaired) electrons. The van der Waals surface area contributed by atoms with Gasteiger partial charge in [0.1, 0.15) is 0 Å². The Balaban J connectivity index is 1.54. The van der Waals surface area contributed by atoms with E-state index in [1.54, 1.807) is 0 Å². The lowest BCUT2D eigenvalue weighted by Crippen LogP contribution is -2.74. The summed E-state index contributed by atoms with van der Waals surface area (Å²) in [7, 11) is 0. The summed E-state index contributed by atoms with van der Waals surface area (Å²) in [5, 5.41) is 0. The zero-order chi connectivity index (χ0) is 83.9. The maximum absolute atomic E-state index is 15.0. The van der Waals surface area contributed by atoms with Gasteiger partial charge in [-0.25, -0.2) is 35.1 Å². The minimum atomic E-state index is -9.13. The number of anilines is 2. The third-order valence-electron chi connectivity index (χ3n) is 14.4. The van der Waals surface area contributed by atoms with Gasteiger partial charge in [0.15, 0.2) is 26.4 Å². The average molecular weight is 1690 g/mol. The molecule has 0 amide bonds. The zero-order valence-corrected chi connectivity index (χ0v) is 48.7. The third kappa shape index (κ3) is 13.6. The van der Waals surface area contributed by atoms with Gasteiger partial charge in [-0.3, -0.25) is 0 Å². The SMILES string of the molecule is FC(F)COc1nc(OCC(F)(F)C(F)(F)C(F)(F)C(F)(F)C(F)(F)C(F)(F)C(F)(F)C(F)F)nc(N2Cc3cc4c(cc3C2)CN(c2nc(OCC(F)(F)C(F)(F)C(F)(F)C(F)(F)C(F)(F)C(F)(F)C(F)(F)C(F)F)nc(OCC(F)(F)C(F)(F)C(F)(F)C(F)(F)C(F)(F)C(F)(F)C(F)(F)C(F)F)n2)C4)n1. The molecule has 0 fully saturated rings. The quantitative estimate of drug-likeness (QED) is 0.0521. The van der Waals surface area contributed by atoms with Crippen LogP contribution in [0.25, 0.3) is 0 Å². The van der Waals surface area contributed by atoms with Crippen molar-refractivity contribution in [3.63, 3.8) is 0 Å². The number of hydrogen-bond donors (Lipinski definition) is 0. The molecule has 5 rings (SSSR count). The number of benzene rings is 1. The van der Waals surface area contributed by atoms with E-state index in [1.165, 1.54) is 0 Å². The largest absolute Gasteiger partial charge is 0.457 e. The molecule has 0 saturated carbocycles. The van der Waals surface area contributed by atoms with Crippen molar-refractivity contribution < 1.29 is 238 Å². The number of nitrogens with zero attached hydrogens (tertiary/aromatic N) is 8. The summed E-state index contributed by atoms with van der Waals surface area (Å²) in [6.45, 7) is -18.2. The number of alkyl halides is 50. The van der Waals surface area contributed by atoms with Crippen molar-refractivity contribution in [2.24, 2.45) is 0 Å². The first-order valence-electron chi connectivity index (χ1n) is 26.0. The Kier molecular flexibility index (Phi) is 22.7. The highest BCUT2D eigenvalue weighted by Gasteiger charge is 2.97. The van der Waals surface area contributed by atoms with Crippen LogP contribution in [0.3, 0.4) is 0 Å². The number of ether oxygens (including phenoxy) is 4. The smallest absolute Gasteiger partial charge is 0.385 e. The summed E-state index contributed by atoms with van der Waals surface area (Å²) >= 11 is 0. The van der Waals surface area contributed by atoms with Gasteiger partial charge in [-0.05, 0) is 22.3 Å². The second kappa shape index (κ2) is 26.9. The van der Waals surface area contributed by atoms with Gasteiger partial charge < -0.3 is 28.7 Å². The molecule has 4 heterocycles. The molecular formula is C45H22F50N8O4. The van der Waals surface area contributed by atoms with Crippen LogP contribution in [0.1, 0.15) is 22.3 Å². The van der Waals surface area contributed by atoms with E-state index < -0.39 is 250 Å². The highest BCUT2D eigenvalue weighted by atomic mass is 19.4. The number of halogens is 50. The van der Waals surface area contributed by atoms with E-state index in [0.29, 0.717) is 4.90 Å². The van der Waals surface area contributed by atoms with E-state index in [4.69, 9.17) is 0 Å². The van der Waals surface area contributed by atoms with E-state index in [2.05, 4.69) is 48.9 Å². The fraction of sp³-hybridized carbons (Fsp3) is 0.733. The first-order chi connectivity index (χ1) is 47.2. The van der Waals surface area contributed by atoms with E-state index in [9.17, 15) is 220 Å². The fourth-order valence-corrected chi connectivity index (χ4v) is 8.17. The number of hydrogen-bond acceptors (Lipinski definition) is 12. The second-order valence-corrected chi connectivity index (χ2v) is 21.6. The van der Waals surface area contributed by atoms with Crippen LogP contribution in [0.2, 0.25) is 0 Å². The molecule has 107 heavy (non-hydrogen) atoms. The molecule has 0 aliphatic carbocycles. The molecule has 1 aromatic carbocycles. The highest BCUT2D eigenvalue weighted by Crippen LogP contribution is 2.67. The van der Waals surface area contributed by atoms with Crippen LogP contribution in [0.5, 0.6) is 24.0 Å². The van der Waals surface area contributed by atoms with Crippen LogP contribution >= 0.6 is 0 Å². The molecule has 2 aliphatic rings. The van der Waals surface area contributed by atoms with Crippen molar-refractivity contribution in [1.29, 1.82) is 0 Å². The fourth-order valence-electron chi connectivity index (χ4n) is 8.17. The lowest BCUT2D eigenvalue weighted by molar-refractivity contribution is -0.447. The molecule has 2 aliphatic heterocycles. The Hall–Kier alpha value is -7.46. The Morgan fingerprint density at radius 2 is 0.430 bits per heavy atom. The average Bonchev–Trinajstić information content (AvgIpc) is 1.09. The third-order valence-corrected chi connectivity index (χ3v) is 14.4. The molecule has 2 aromatic heterocycles. The normalized spacial score (nSPS) is 16.4. The lowest BCUT2D eigenvalue weighted by Gasteiger charge is -2.42. The van der Waals surface area contributed by atoms with Gasteiger partial charge in [0.2, 0.25) is 11.9 Å². The van der Waals surface area contributed by atoms with Gasteiger partial charge >= 0.3 is 168 Å². The second-order valence-electron chi connectivity index (χ2n) is 21.6. The summed E-state index contributed by atoms with van der Waals surface area (Å²) in [5.74, 6) is -182. The molecule has 62 heteroatoms. The summed E-state index contributed by atoms with van der Waals surface area (Å²) in [4.78, 5) is 18.1. The first kappa shape index (κ1) is 90.2. The van der Waals surface area contributed by atoms with Crippen LogP contribution in [0, 0.1) is 0 Å². The topological polar surface area (TPSA) is 121 Å². The Morgan fingerprint density at radius 3 is 0.617 bits per heavy atom. The molecule has 12 nitrogen and oxygen atoms in total. The van der Waals surface area contributed by atoms with Crippen LogP contribution in [-0.2, 0) is 26.2 Å². The van der Waals surface area contributed by atoms with E-state index in [-0.39, 0.29) is 16.0 Å². The van der Waals surface area contributed by atoms with Gasteiger partial charge in [0, 0.05) is 26.2 Å². The van der Waals surface area contributed by atoms with E-state index in [0.717, 1.165) is 12.1 Å². The minimum Gasteiger partial charge on any atom is -0.457 e. The predicted octanol–water partition coefficient (Wildman–Crippen LogP) is 17.0. The lowest BCUT2D eigenvalue weighted by atomic mass is 9.89. The number of aromatic nitrogens is 6. The van der Waals surface area contributed by atoms with Crippen LogP contribution in [0.15, 0.2) is 12.1 Å². The Bertz CT molecular complexity index is 3530. The van der Waals surface area contributed by atoms with Crippen LogP contribution < -0.4 is 28.7 Å². The van der Waals surface area contributed by atoms with Crippen molar-refractivity contribution >= 4 is 11.9 Å². The van der Waals surface area contributed by atoms with Crippen molar-refractivity contribution in [3.05, 3.63) is 34.4 Å². The summed E-state index contributed by atoms with van der Waals surface area (Å²) in [5.41, 5.74) is -1.51. The van der Waals surface area contributed by atoms with Gasteiger partial charge in [-0.15, -0.1) is 9.97 Å². The highest BCUT2D eigenvalue weighted by molar-refractivity contribution is 5.52. The molecule has 616 valence electrons. The molecule has 0 N–H and O–H groups in total. The van der Waals surface area contributed by atoms with E-state index >= 15 is 0 Å². The van der Waals surface area contributed by atoms with E-state index in [1.807, 2.05) is 0 Å². The maximum Gasteiger partial charge on any atom is 0.385 e.